The lowest BCUT2D eigenvalue weighted by Gasteiger charge is -2.18. The number of aliphatic hydroxyl groups excluding tert-OH is 1. The average molecular weight is 298 g/mol. The van der Waals surface area contributed by atoms with Gasteiger partial charge in [0.1, 0.15) is 5.76 Å². The number of nitrogens with one attached hydrogen (secondary N) is 1. The lowest BCUT2D eigenvalue weighted by molar-refractivity contribution is -0.119. The van der Waals surface area contributed by atoms with Crippen molar-refractivity contribution >= 4 is 17.7 Å². The van der Waals surface area contributed by atoms with Crippen LogP contribution in [0.3, 0.4) is 0 Å². The van der Waals surface area contributed by atoms with E-state index in [2.05, 4.69) is 10.5 Å². The molecule has 1 aliphatic carbocycles. The summed E-state index contributed by atoms with van der Waals surface area (Å²) in [7, 11) is 0. The highest BCUT2D eigenvalue weighted by Crippen LogP contribution is 2.25. The average Bonchev–Trinajstić information content (AvgIpc) is 2.99. The molecule has 5 nitrogen and oxygen atoms in total. The first-order chi connectivity index (χ1) is 9.61. The monoisotopic (exact) mass is 298 g/mol. The first-order valence-electron chi connectivity index (χ1n) is 7.01. The van der Waals surface area contributed by atoms with Gasteiger partial charge in [-0.2, -0.15) is 0 Å². The van der Waals surface area contributed by atoms with E-state index < -0.39 is 0 Å². The van der Waals surface area contributed by atoms with Crippen molar-refractivity contribution < 1.29 is 14.4 Å². The Hall–Kier alpha value is -1.01. The fraction of sp³-hybridized carbons (Fsp3) is 0.714. The maximum absolute atomic E-state index is 11.9. The number of amides is 1. The molecule has 0 radical (unpaired) electrons. The Kier molecular flexibility index (Phi) is 5.48. The minimum absolute atomic E-state index is 0.0483. The van der Waals surface area contributed by atoms with E-state index in [1.54, 1.807) is 11.8 Å². The Morgan fingerprint density at radius 3 is 2.95 bits per heavy atom. The highest BCUT2D eigenvalue weighted by atomic mass is 32.2. The van der Waals surface area contributed by atoms with Crippen molar-refractivity contribution in [2.75, 3.05) is 12.4 Å². The summed E-state index contributed by atoms with van der Waals surface area (Å²) < 4.78 is 5.10. The van der Waals surface area contributed by atoms with E-state index in [1.807, 2.05) is 13.8 Å². The largest absolute Gasteiger partial charge is 0.396 e. The number of aryl methyl sites for hydroxylation is 2. The molecular formula is C14H22N2O3S. The number of thioether (sulfide) groups is 1. The molecule has 20 heavy (non-hydrogen) atoms. The lowest BCUT2D eigenvalue weighted by Crippen LogP contribution is -2.39. The molecule has 1 aromatic heterocycles. The van der Waals surface area contributed by atoms with Gasteiger partial charge in [-0.3, -0.25) is 4.79 Å². The number of nitrogens with zero attached hydrogens (tertiary/aromatic N) is 1. The molecule has 2 atom stereocenters. The molecule has 1 aromatic rings. The summed E-state index contributed by atoms with van der Waals surface area (Å²) in [5.41, 5.74) is 1.98. The third-order valence-corrected chi connectivity index (χ3v) is 4.86. The van der Waals surface area contributed by atoms with E-state index in [4.69, 9.17) is 4.52 Å². The molecule has 0 aromatic carbocycles. The minimum atomic E-state index is 0.0483. The fourth-order valence-electron chi connectivity index (χ4n) is 2.65. The molecule has 0 saturated heterocycles. The van der Waals surface area contributed by atoms with Crippen LogP contribution in [0.1, 0.15) is 36.3 Å². The second kappa shape index (κ2) is 7.13. The van der Waals surface area contributed by atoms with Crippen LogP contribution in [0.5, 0.6) is 0 Å². The number of rotatable bonds is 6. The molecule has 2 unspecified atom stereocenters. The van der Waals surface area contributed by atoms with Crippen LogP contribution in [0.2, 0.25) is 0 Å². The van der Waals surface area contributed by atoms with Crippen molar-refractivity contribution in [2.24, 2.45) is 5.92 Å². The van der Waals surface area contributed by atoms with Gasteiger partial charge in [0.05, 0.1) is 11.4 Å². The summed E-state index contributed by atoms with van der Waals surface area (Å²) in [5, 5.41) is 16.2. The van der Waals surface area contributed by atoms with E-state index in [0.29, 0.717) is 5.75 Å². The van der Waals surface area contributed by atoms with Crippen LogP contribution < -0.4 is 5.32 Å². The van der Waals surface area contributed by atoms with Gasteiger partial charge in [-0.1, -0.05) is 11.6 Å². The van der Waals surface area contributed by atoms with Crippen molar-refractivity contribution in [3.8, 4) is 0 Å². The van der Waals surface area contributed by atoms with E-state index in [-0.39, 0.29) is 24.5 Å². The molecule has 1 heterocycles. The van der Waals surface area contributed by atoms with Crippen LogP contribution in [0.4, 0.5) is 0 Å². The quantitative estimate of drug-likeness (QED) is 0.837. The normalized spacial score (nSPS) is 22.1. The van der Waals surface area contributed by atoms with Gasteiger partial charge in [0.15, 0.2) is 0 Å². The molecule has 1 fully saturated rings. The van der Waals surface area contributed by atoms with Gasteiger partial charge in [-0.05, 0) is 26.7 Å². The van der Waals surface area contributed by atoms with Crippen LogP contribution in [0.15, 0.2) is 4.52 Å². The van der Waals surface area contributed by atoms with Gasteiger partial charge < -0.3 is 14.9 Å². The molecule has 0 bridgehead atoms. The highest BCUT2D eigenvalue weighted by molar-refractivity contribution is 7.99. The number of hydrogen-bond donors (Lipinski definition) is 2. The Morgan fingerprint density at radius 1 is 1.50 bits per heavy atom. The van der Waals surface area contributed by atoms with Gasteiger partial charge in [0.25, 0.3) is 0 Å². The van der Waals surface area contributed by atoms with Crippen molar-refractivity contribution in [3.05, 3.63) is 17.0 Å². The first-order valence-corrected chi connectivity index (χ1v) is 8.17. The maximum atomic E-state index is 11.9. The maximum Gasteiger partial charge on any atom is 0.230 e. The number of aliphatic hydroxyl groups is 1. The zero-order valence-electron chi connectivity index (χ0n) is 12.0. The number of carbonyl (C=O) groups excluding carboxylic acids is 1. The Bertz CT molecular complexity index is 442. The molecule has 2 rings (SSSR count). The summed E-state index contributed by atoms with van der Waals surface area (Å²) >= 11 is 1.57. The predicted molar refractivity (Wildman–Crippen MR) is 78.5 cm³/mol. The Labute approximate surface area is 123 Å². The van der Waals surface area contributed by atoms with E-state index in [1.165, 1.54) is 0 Å². The van der Waals surface area contributed by atoms with Crippen molar-refractivity contribution in [1.29, 1.82) is 0 Å². The van der Waals surface area contributed by atoms with E-state index >= 15 is 0 Å². The van der Waals surface area contributed by atoms with Crippen LogP contribution in [-0.2, 0) is 10.5 Å². The van der Waals surface area contributed by atoms with Crippen LogP contribution >= 0.6 is 11.8 Å². The molecule has 0 aliphatic heterocycles. The predicted octanol–water partition coefficient (Wildman–Crippen LogP) is 1.80. The Balaban J connectivity index is 1.73. The zero-order chi connectivity index (χ0) is 14.5. The summed E-state index contributed by atoms with van der Waals surface area (Å²) in [5.74, 6) is 2.27. The summed E-state index contributed by atoms with van der Waals surface area (Å²) in [4.78, 5) is 11.9. The van der Waals surface area contributed by atoms with Crippen molar-refractivity contribution in [3.63, 3.8) is 0 Å². The van der Waals surface area contributed by atoms with Crippen LogP contribution in [-0.4, -0.2) is 34.6 Å². The summed E-state index contributed by atoms with van der Waals surface area (Å²) in [6.45, 7) is 3.97. The molecule has 2 N–H and O–H groups in total. The van der Waals surface area contributed by atoms with Gasteiger partial charge in [0.2, 0.25) is 5.91 Å². The van der Waals surface area contributed by atoms with E-state index in [9.17, 15) is 9.90 Å². The summed E-state index contributed by atoms with van der Waals surface area (Å²) in [6, 6.07) is 0.146. The molecule has 112 valence electrons. The smallest absolute Gasteiger partial charge is 0.230 e. The SMILES string of the molecule is Cc1noc(C)c1CSCC(=O)NC1CCCC1CO. The fourth-order valence-corrected chi connectivity index (χ4v) is 3.63. The van der Waals surface area contributed by atoms with Crippen LogP contribution in [0, 0.1) is 19.8 Å². The lowest BCUT2D eigenvalue weighted by atomic mass is 10.1. The van der Waals surface area contributed by atoms with Gasteiger partial charge in [-0.25, -0.2) is 0 Å². The summed E-state index contributed by atoms with van der Waals surface area (Å²) in [6.07, 6.45) is 3.07. The van der Waals surface area contributed by atoms with E-state index in [0.717, 1.165) is 42.0 Å². The van der Waals surface area contributed by atoms with Gasteiger partial charge >= 0.3 is 0 Å². The first kappa shape index (κ1) is 15.4. The molecular weight excluding hydrogens is 276 g/mol. The van der Waals surface area contributed by atoms with Crippen LogP contribution in [0.25, 0.3) is 0 Å². The Morgan fingerprint density at radius 2 is 2.30 bits per heavy atom. The second-order valence-electron chi connectivity index (χ2n) is 5.34. The molecule has 1 aliphatic rings. The molecule has 0 spiro atoms. The number of aromatic nitrogens is 1. The minimum Gasteiger partial charge on any atom is -0.396 e. The highest BCUT2D eigenvalue weighted by Gasteiger charge is 2.27. The standard InChI is InChI=1S/C14H22N2O3S/c1-9-12(10(2)19-16-9)7-20-8-14(18)15-13-5-3-4-11(13)6-17/h11,13,17H,3-8H2,1-2H3,(H,15,18). The number of carbonyl (C=O) groups is 1. The zero-order valence-corrected chi connectivity index (χ0v) is 12.8. The molecule has 1 amide bonds. The second-order valence-corrected chi connectivity index (χ2v) is 6.33. The third kappa shape index (κ3) is 3.76. The topological polar surface area (TPSA) is 75.4 Å². The van der Waals surface area contributed by atoms with Gasteiger partial charge in [-0.15, -0.1) is 11.8 Å². The number of hydrogen-bond acceptors (Lipinski definition) is 5. The molecule has 1 saturated carbocycles. The van der Waals surface area contributed by atoms with Crippen molar-refractivity contribution in [1.82, 2.24) is 10.5 Å². The third-order valence-electron chi connectivity index (χ3n) is 3.90. The van der Waals surface area contributed by atoms with Gasteiger partial charge in [0, 0.05) is 29.9 Å². The van der Waals surface area contributed by atoms with Crippen molar-refractivity contribution in [2.45, 2.75) is 44.9 Å². The molecule has 6 heteroatoms.